The number of rotatable bonds is 5. The van der Waals surface area contributed by atoms with Crippen molar-refractivity contribution in [2.24, 2.45) is 0 Å². The van der Waals surface area contributed by atoms with Crippen molar-refractivity contribution in [3.8, 4) is 0 Å². The maximum Gasteiger partial charge on any atom is 0.123 e. The van der Waals surface area contributed by atoms with Gasteiger partial charge in [-0.2, -0.15) is 5.10 Å². The van der Waals surface area contributed by atoms with Crippen LogP contribution in [0.15, 0.2) is 28.9 Å². The topological polar surface area (TPSA) is 41.3 Å². The number of aromatic nitrogens is 2. The minimum Gasteiger partial charge on any atom is -0.382 e. The second kappa shape index (κ2) is 7.11. The fraction of sp³-hybridized carbons (Fsp3) is 0.357. The zero-order valence-corrected chi connectivity index (χ0v) is 14.8. The van der Waals surface area contributed by atoms with E-state index in [4.69, 9.17) is 23.2 Å². The van der Waals surface area contributed by atoms with Crippen LogP contribution >= 0.6 is 39.1 Å². The highest BCUT2D eigenvalue weighted by molar-refractivity contribution is 9.10. The fourth-order valence-electron chi connectivity index (χ4n) is 1.99. The van der Waals surface area contributed by atoms with Gasteiger partial charge >= 0.3 is 0 Å². The smallest absolute Gasteiger partial charge is 0.123 e. The van der Waals surface area contributed by atoms with Crippen molar-refractivity contribution in [2.45, 2.75) is 12.6 Å². The molecule has 2 rings (SSSR count). The van der Waals surface area contributed by atoms with Gasteiger partial charge in [-0.15, -0.1) is 0 Å². The van der Waals surface area contributed by atoms with Crippen LogP contribution in [0.25, 0.3) is 0 Å². The van der Waals surface area contributed by atoms with E-state index in [-0.39, 0.29) is 0 Å². The first-order valence-electron chi connectivity index (χ1n) is 6.39. The molecule has 0 fully saturated rings. The average Bonchev–Trinajstić information content (AvgIpc) is 2.77. The maximum absolute atomic E-state index is 10.6. The molecule has 1 aromatic heterocycles. The third-order valence-electron chi connectivity index (χ3n) is 3.11. The number of hydrogen-bond donors (Lipinski definition) is 1. The van der Waals surface area contributed by atoms with E-state index in [1.807, 2.05) is 19.0 Å². The molecule has 0 radical (unpaired) electrons. The van der Waals surface area contributed by atoms with Crippen molar-refractivity contribution in [3.63, 3.8) is 0 Å². The molecule has 0 spiro atoms. The zero-order chi connectivity index (χ0) is 15.6. The summed E-state index contributed by atoms with van der Waals surface area (Å²) in [4.78, 5) is 2.05. The first kappa shape index (κ1) is 16.8. The van der Waals surface area contributed by atoms with E-state index in [1.54, 1.807) is 29.1 Å². The predicted molar refractivity (Wildman–Crippen MR) is 89.0 cm³/mol. The molecule has 21 heavy (non-hydrogen) atoms. The van der Waals surface area contributed by atoms with Crippen LogP contribution in [0.3, 0.4) is 0 Å². The van der Waals surface area contributed by atoms with Crippen LogP contribution in [-0.2, 0) is 6.54 Å². The lowest BCUT2D eigenvalue weighted by Crippen LogP contribution is -2.21. The van der Waals surface area contributed by atoms with E-state index < -0.39 is 6.10 Å². The Labute approximate surface area is 142 Å². The molecule has 4 nitrogen and oxygen atoms in total. The summed E-state index contributed by atoms with van der Waals surface area (Å²) in [5, 5.41) is 15.9. The summed E-state index contributed by atoms with van der Waals surface area (Å²) in [6.45, 7) is 1.46. The second-order valence-electron chi connectivity index (χ2n) is 4.97. The van der Waals surface area contributed by atoms with Gasteiger partial charge in [-0.25, -0.2) is 0 Å². The lowest BCUT2D eigenvalue weighted by atomic mass is 10.1. The Kier molecular flexibility index (Phi) is 5.68. The van der Waals surface area contributed by atoms with Crippen LogP contribution in [0.4, 0.5) is 0 Å². The number of halogens is 3. The first-order valence-corrected chi connectivity index (χ1v) is 7.94. The number of nitrogens with zero attached hydrogens (tertiary/aromatic N) is 3. The first-order chi connectivity index (χ1) is 9.90. The summed E-state index contributed by atoms with van der Waals surface area (Å²) >= 11 is 15.5. The molecule has 7 heteroatoms. The van der Waals surface area contributed by atoms with Crippen LogP contribution in [0.1, 0.15) is 17.4 Å². The number of likely N-dealkylation sites (N-methyl/N-ethyl adjacent to an activating group) is 1. The third kappa shape index (κ3) is 3.99. The van der Waals surface area contributed by atoms with Crippen LogP contribution in [0.5, 0.6) is 0 Å². The lowest BCUT2D eigenvalue weighted by molar-refractivity contribution is 0.205. The summed E-state index contributed by atoms with van der Waals surface area (Å²) in [7, 11) is 3.97. The molecule has 0 saturated heterocycles. The number of benzene rings is 1. The second-order valence-corrected chi connectivity index (χ2v) is 6.67. The molecule has 1 aromatic carbocycles. The molecule has 114 valence electrons. The van der Waals surface area contributed by atoms with Gasteiger partial charge in [0.05, 0.1) is 23.5 Å². The number of aliphatic hydroxyl groups is 1. The quantitative estimate of drug-likeness (QED) is 0.845. The highest BCUT2D eigenvalue weighted by atomic mass is 79.9. The zero-order valence-electron chi connectivity index (χ0n) is 11.7. The maximum atomic E-state index is 10.6. The Balaban J connectivity index is 2.34. The molecular weight excluding hydrogens is 377 g/mol. The van der Waals surface area contributed by atoms with Crippen molar-refractivity contribution < 1.29 is 5.11 Å². The molecule has 0 saturated carbocycles. The molecule has 1 heterocycles. The molecule has 1 N–H and O–H groups in total. The predicted octanol–water partition coefficient (Wildman–Crippen LogP) is 3.60. The van der Waals surface area contributed by atoms with Crippen LogP contribution in [0, 0.1) is 0 Å². The van der Waals surface area contributed by atoms with Crippen LogP contribution < -0.4 is 0 Å². The van der Waals surface area contributed by atoms with Gasteiger partial charge in [0.25, 0.3) is 0 Å². The number of aliphatic hydroxyl groups excluding tert-OH is 1. The van der Waals surface area contributed by atoms with Crippen molar-refractivity contribution in [1.29, 1.82) is 0 Å². The van der Waals surface area contributed by atoms with E-state index in [1.165, 1.54) is 0 Å². The average molecular weight is 393 g/mol. The molecule has 2 aromatic rings. The Morgan fingerprint density at radius 2 is 2.10 bits per heavy atom. The SMILES string of the molecule is CN(C)CCn1ncc(Cl)c1C(O)c1ccc(Cl)cc1Br. The van der Waals surface area contributed by atoms with Gasteiger partial charge in [0.15, 0.2) is 0 Å². The molecule has 0 amide bonds. The molecule has 1 atom stereocenters. The minimum absolute atomic E-state index is 0.447. The van der Waals surface area contributed by atoms with Gasteiger partial charge in [-0.3, -0.25) is 4.68 Å². The van der Waals surface area contributed by atoms with Gasteiger partial charge in [0, 0.05) is 21.6 Å². The summed E-state index contributed by atoms with van der Waals surface area (Å²) in [5.41, 5.74) is 1.29. The Hall–Kier alpha value is -0.590. The minimum atomic E-state index is -0.867. The van der Waals surface area contributed by atoms with E-state index in [0.717, 1.165) is 11.0 Å². The van der Waals surface area contributed by atoms with Gasteiger partial charge in [0.2, 0.25) is 0 Å². The molecule has 0 bridgehead atoms. The summed E-state index contributed by atoms with van der Waals surface area (Å²) in [6, 6.07) is 5.25. The Morgan fingerprint density at radius 1 is 1.38 bits per heavy atom. The van der Waals surface area contributed by atoms with E-state index in [9.17, 15) is 5.11 Å². The van der Waals surface area contributed by atoms with Gasteiger partial charge in [-0.1, -0.05) is 45.2 Å². The molecule has 0 aliphatic rings. The fourth-order valence-corrected chi connectivity index (χ4v) is 3.13. The molecule has 1 unspecified atom stereocenters. The lowest BCUT2D eigenvalue weighted by Gasteiger charge is -2.17. The highest BCUT2D eigenvalue weighted by Gasteiger charge is 2.22. The van der Waals surface area contributed by atoms with E-state index >= 15 is 0 Å². The highest BCUT2D eigenvalue weighted by Crippen LogP contribution is 2.33. The molecule has 0 aliphatic heterocycles. The number of hydrogen-bond acceptors (Lipinski definition) is 3. The summed E-state index contributed by atoms with van der Waals surface area (Å²) < 4.78 is 2.47. The third-order valence-corrected chi connectivity index (χ3v) is 4.32. The van der Waals surface area contributed by atoms with Crippen molar-refractivity contribution >= 4 is 39.1 Å². The van der Waals surface area contributed by atoms with E-state index in [2.05, 4.69) is 21.0 Å². The van der Waals surface area contributed by atoms with Crippen molar-refractivity contribution in [3.05, 3.63) is 50.2 Å². The summed E-state index contributed by atoms with van der Waals surface area (Å²) in [6.07, 6.45) is 0.688. The molecular formula is C14H16BrCl2N3O. The van der Waals surface area contributed by atoms with Gasteiger partial charge in [0.1, 0.15) is 6.10 Å². The Morgan fingerprint density at radius 3 is 2.71 bits per heavy atom. The molecule has 0 aliphatic carbocycles. The normalized spacial score (nSPS) is 12.9. The van der Waals surface area contributed by atoms with Crippen LogP contribution in [0.2, 0.25) is 10.0 Å². The monoisotopic (exact) mass is 391 g/mol. The van der Waals surface area contributed by atoms with Gasteiger partial charge in [-0.05, 0) is 26.2 Å². The summed E-state index contributed by atoms with van der Waals surface area (Å²) in [5.74, 6) is 0. The van der Waals surface area contributed by atoms with Gasteiger partial charge < -0.3 is 10.0 Å². The van der Waals surface area contributed by atoms with Crippen molar-refractivity contribution in [2.75, 3.05) is 20.6 Å². The van der Waals surface area contributed by atoms with E-state index in [0.29, 0.717) is 27.8 Å². The standard InChI is InChI=1S/C14H16BrCl2N3O/c1-19(2)5-6-20-13(12(17)8-18-20)14(21)10-4-3-9(16)7-11(10)15/h3-4,7-8,14,21H,5-6H2,1-2H3. The van der Waals surface area contributed by atoms with Crippen molar-refractivity contribution in [1.82, 2.24) is 14.7 Å². The largest absolute Gasteiger partial charge is 0.382 e. The Bertz CT molecular complexity index is 631. The van der Waals surface area contributed by atoms with Crippen LogP contribution in [-0.4, -0.2) is 40.4 Å².